The van der Waals surface area contributed by atoms with Gasteiger partial charge in [0.05, 0.1) is 17.7 Å². The van der Waals surface area contributed by atoms with Gasteiger partial charge < -0.3 is 29.6 Å². The van der Waals surface area contributed by atoms with Crippen LogP contribution in [0.1, 0.15) is 43.9 Å². The maximum Gasteiger partial charge on any atom is 0.470 e. The van der Waals surface area contributed by atoms with Crippen molar-refractivity contribution in [2.75, 3.05) is 20.8 Å². The largest absolute Gasteiger partial charge is 0.485 e. The van der Waals surface area contributed by atoms with Crippen molar-refractivity contribution in [1.82, 2.24) is 4.90 Å². The zero-order valence-corrected chi connectivity index (χ0v) is 17.7. The van der Waals surface area contributed by atoms with Gasteiger partial charge in [-0.25, -0.2) is 4.57 Å². The zero-order valence-electron chi connectivity index (χ0n) is 16.8. The third-order valence-corrected chi connectivity index (χ3v) is 5.00. The van der Waals surface area contributed by atoms with Crippen LogP contribution in [-0.4, -0.2) is 63.3 Å². The maximum atomic E-state index is 12.3. The highest BCUT2D eigenvalue weighted by atomic mass is 31.2. The van der Waals surface area contributed by atoms with E-state index in [0.29, 0.717) is 36.3 Å². The van der Waals surface area contributed by atoms with E-state index in [9.17, 15) is 24.4 Å². The van der Waals surface area contributed by atoms with Crippen molar-refractivity contribution < 1.29 is 38.6 Å². The number of hydrogen-bond acceptors (Lipinski definition) is 7. The van der Waals surface area contributed by atoms with E-state index < -0.39 is 25.6 Å². The van der Waals surface area contributed by atoms with E-state index >= 15 is 0 Å². The summed E-state index contributed by atoms with van der Waals surface area (Å²) in [6, 6.07) is 6.10. The van der Waals surface area contributed by atoms with Crippen molar-refractivity contribution in [3.8, 4) is 11.8 Å². The molecule has 2 atom stereocenters. The quantitative estimate of drug-likeness (QED) is 0.515. The predicted molar refractivity (Wildman–Crippen MR) is 103 cm³/mol. The first-order chi connectivity index (χ1) is 13.6. The number of nitriles is 1. The van der Waals surface area contributed by atoms with Gasteiger partial charge in [-0.15, -0.1) is 0 Å². The van der Waals surface area contributed by atoms with Gasteiger partial charge in [-0.3, -0.25) is 9.32 Å². The van der Waals surface area contributed by atoms with Crippen molar-refractivity contribution in [2.24, 2.45) is 0 Å². The number of likely N-dealkylation sites (tertiary alicyclic amines) is 1. The summed E-state index contributed by atoms with van der Waals surface area (Å²) in [5.41, 5.74) is -0.198. The third kappa shape index (κ3) is 5.76. The van der Waals surface area contributed by atoms with Gasteiger partial charge in [-0.1, -0.05) is 0 Å². The average molecular weight is 430 g/mol. The minimum absolute atomic E-state index is 0.115. The summed E-state index contributed by atoms with van der Waals surface area (Å²) in [4.78, 5) is 32.6. The maximum absolute atomic E-state index is 12.3. The zero-order chi connectivity index (χ0) is 22.4. The van der Waals surface area contributed by atoms with Crippen LogP contribution in [0.4, 0.5) is 0 Å². The lowest BCUT2D eigenvalue weighted by molar-refractivity contribution is -0.138. The molecule has 11 heteroatoms. The molecule has 0 spiro atoms. The van der Waals surface area contributed by atoms with E-state index in [2.05, 4.69) is 0 Å². The van der Waals surface area contributed by atoms with Gasteiger partial charge >= 0.3 is 7.82 Å². The van der Waals surface area contributed by atoms with Crippen LogP contribution in [0.2, 0.25) is 0 Å². The van der Waals surface area contributed by atoms with E-state index in [-0.39, 0.29) is 5.91 Å². The molecule has 10 nitrogen and oxygen atoms in total. The van der Waals surface area contributed by atoms with Crippen molar-refractivity contribution in [3.63, 3.8) is 0 Å². The van der Waals surface area contributed by atoms with Crippen molar-refractivity contribution >= 4 is 13.7 Å². The highest BCUT2D eigenvalue weighted by Gasteiger charge is 2.51. The van der Waals surface area contributed by atoms with Crippen LogP contribution in [0.15, 0.2) is 18.2 Å². The first kappa shape index (κ1) is 25.0. The minimum atomic E-state index is -4.83. The van der Waals surface area contributed by atoms with Gasteiger partial charge in [0.15, 0.2) is 0 Å². The van der Waals surface area contributed by atoms with E-state index in [4.69, 9.17) is 19.5 Å². The number of amides is 1. The second kappa shape index (κ2) is 10.2. The van der Waals surface area contributed by atoms with Crippen LogP contribution < -0.4 is 4.74 Å². The summed E-state index contributed by atoms with van der Waals surface area (Å²) in [5.74, 6) is 0.356. The molecule has 4 N–H and O–H groups in total. The topological polar surface area (TPSA) is 161 Å². The number of ether oxygens (including phenoxy) is 1. The van der Waals surface area contributed by atoms with Crippen LogP contribution in [-0.2, 0) is 13.9 Å². The first-order valence-corrected chi connectivity index (χ1v) is 10.3. The van der Waals surface area contributed by atoms with Crippen molar-refractivity contribution in [1.29, 1.82) is 5.26 Å². The fourth-order valence-corrected chi connectivity index (χ4v) is 4.12. The molecule has 2 aliphatic heterocycles. The van der Waals surface area contributed by atoms with Crippen LogP contribution in [0.5, 0.6) is 5.75 Å². The molecule has 1 amide bonds. The molecule has 0 aromatic heterocycles. The molecule has 1 fully saturated rings. The average Bonchev–Trinajstić information content (AvgIpc) is 3.09. The lowest BCUT2D eigenvalue weighted by Gasteiger charge is -2.47. The molecule has 0 radical (unpaired) electrons. The SMILES string of the molecule is CC1(C)Oc2ccc(C#N)cc2C(N2CCCC2=O)C1OP(=O)(O)O.CO.CO. The molecule has 2 aliphatic rings. The van der Waals surface area contributed by atoms with E-state index in [0.717, 1.165) is 14.2 Å². The normalized spacial score (nSPS) is 22.2. The lowest BCUT2D eigenvalue weighted by Crippen LogP contribution is -2.54. The highest BCUT2D eigenvalue weighted by Crippen LogP contribution is 2.51. The summed E-state index contributed by atoms with van der Waals surface area (Å²) in [6.07, 6.45) is -0.0583. The Labute approximate surface area is 169 Å². The Morgan fingerprint density at radius 1 is 1.28 bits per heavy atom. The monoisotopic (exact) mass is 430 g/mol. The van der Waals surface area contributed by atoms with Crippen molar-refractivity contribution in [2.45, 2.75) is 44.4 Å². The molecule has 162 valence electrons. The predicted octanol–water partition coefficient (Wildman–Crippen LogP) is 1.09. The molecule has 1 aromatic rings. The van der Waals surface area contributed by atoms with Gasteiger partial charge in [0, 0.05) is 32.7 Å². The van der Waals surface area contributed by atoms with Crippen molar-refractivity contribution in [3.05, 3.63) is 29.3 Å². The number of carbonyl (C=O) groups is 1. The number of aliphatic hydroxyl groups is 2. The number of benzene rings is 1. The highest BCUT2D eigenvalue weighted by molar-refractivity contribution is 7.46. The number of carbonyl (C=O) groups excluding carboxylic acids is 1. The summed E-state index contributed by atoms with van der Waals surface area (Å²) in [7, 11) is -2.83. The van der Waals surface area contributed by atoms with Crippen LogP contribution in [0.3, 0.4) is 0 Å². The fourth-order valence-electron chi connectivity index (χ4n) is 3.45. The fraction of sp³-hybridized carbons (Fsp3) is 0.556. The number of phosphoric acid groups is 1. The van der Waals surface area contributed by atoms with Gasteiger partial charge in [0.1, 0.15) is 17.5 Å². The molecular formula is C18H27N2O8P. The molecule has 29 heavy (non-hydrogen) atoms. The molecule has 1 aromatic carbocycles. The van der Waals surface area contributed by atoms with Gasteiger partial charge in [0.25, 0.3) is 0 Å². The third-order valence-electron chi connectivity index (χ3n) is 4.50. The Morgan fingerprint density at radius 2 is 1.90 bits per heavy atom. The van der Waals surface area contributed by atoms with Crippen LogP contribution >= 0.6 is 7.82 Å². The van der Waals surface area contributed by atoms with Crippen LogP contribution in [0.25, 0.3) is 0 Å². The smallest absolute Gasteiger partial charge is 0.470 e. The summed E-state index contributed by atoms with van der Waals surface area (Å²) in [6.45, 7) is 3.76. The molecule has 2 unspecified atom stereocenters. The molecule has 2 heterocycles. The summed E-state index contributed by atoms with van der Waals surface area (Å²) in [5, 5.41) is 23.2. The Balaban J connectivity index is 0.000000989. The lowest BCUT2D eigenvalue weighted by atomic mass is 9.85. The molecule has 0 aliphatic carbocycles. The number of rotatable bonds is 3. The Kier molecular flexibility index (Phi) is 8.78. The standard InChI is InChI=1S/C16H19N2O6P.2CH4O/c1-16(2)15(24-25(20,21)22)14(18-7-3-4-13(18)19)11-8-10(9-17)5-6-12(11)23-16;2*1-2/h5-6,8,14-15H,3-4,7H2,1-2H3,(H2,20,21,22);2*2H,1H3. The molecule has 3 rings (SSSR count). The van der Waals surface area contributed by atoms with E-state index in [1.807, 2.05) is 6.07 Å². The van der Waals surface area contributed by atoms with Crippen LogP contribution in [0, 0.1) is 11.3 Å². The molecule has 0 bridgehead atoms. The Bertz CT molecular complexity index is 802. The second-order valence-electron chi connectivity index (χ2n) is 6.72. The Hall–Kier alpha value is -1.99. The molecular weight excluding hydrogens is 403 g/mol. The molecule has 0 saturated carbocycles. The summed E-state index contributed by atoms with van der Waals surface area (Å²) >= 11 is 0. The number of aliphatic hydroxyl groups excluding tert-OH is 2. The Morgan fingerprint density at radius 3 is 2.38 bits per heavy atom. The molecule has 1 saturated heterocycles. The first-order valence-electron chi connectivity index (χ1n) is 8.78. The summed E-state index contributed by atoms with van der Waals surface area (Å²) < 4.78 is 22.5. The van der Waals surface area contributed by atoms with Gasteiger partial charge in [-0.2, -0.15) is 5.26 Å². The van der Waals surface area contributed by atoms with Gasteiger partial charge in [0.2, 0.25) is 5.91 Å². The number of phosphoric ester groups is 1. The number of hydrogen-bond donors (Lipinski definition) is 4. The van der Waals surface area contributed by atoms with E-state index in [1.54, 1.807) is 36.9 Å². The second-order valence-corrected chi connectivity index (χ2v) is 7.91. The minimum Gasteiger partial charge on any atom is -0.485 e. The van der Waals surface area contributed by atoms with Gasteiger partial charge in [-0.05, 0) is 38.5 Å². The number of nitrogens with zero attached hydrogens (tertiary/aromatic N) is 2. The number of fused-ring (bicyclic) bond motifs is 1. The van der Waals surface area contributed by atoms with E-state index in [1.165, 1.54) is 0 Å².